The molecule has 1 atom stereocenters. The molecule has 0 bridgehead atoms. The van der Waals surface area contributed by atoms with Crippen LogP contribution in [0.2, 0.25) is 0 Å². The van der Waals surface area contributed by atoms with Crippen LogP contribution in [0.25, 0.3) is 0 Å². The van der Waals surface area contributed by atoms with Crippen molar-refractivity contribution in [1.82, 2.24) is 19.6 Å². The summed E-state index contributed by atoms with van der Waals surface area (Å²) in [7, 11) is 1.86. The van der Waals surface area contributed by atoms with Gasteiger partial charge in [-0.3, -0.25) is 14.3 Å². The summed E-state index contributed by atoms with van der Waals surface area (Å²) in [6.45, 7) is 5.86. The van der Waals surface area contributed by atoms with Gasteiger partial charge in [0.05, 0.1) is 18.0 Å². The van der Waals surface area contributed by atoms with Crippen LogP contribution in [0.3, 0.4) is 0 Å². The van der Waals surface area contributed by atoms with E-state index in [0.717, 1.165) is 22.5 Å². The first-order valence-corrected chi connectivity index (χ1v) is 7.93. The van der Waals surface area contributed by atoms with Crippen molar-refractivity contribution >= 4 is 17.7 Å². The lowest BCUT2D eigenvalue weighted by molar-refractivity contribution is -0.144. The lowest BCUT2D eigenvalue weighted by atomic mass is 9.86. The quantitative estimate of drug-likeness (QED) is 0.852. The summed E-state index contributed by atoms with van der Waals surface area (Å²) in [5.41, 5.74) is 3.63. The molecule has 128 valence electrons. The zero-order valence-electron chi connectivity index (χ0n) is 14.3. The fourth-order valence-corrected chi connectivity index (χ4v) is 3.28. The highest BCUT2D eigenvalue weighted by atomic mass is 16.5. The van der Waals surface area contributed by atoms with Gasteiger partial charge in [-0.05, 0) is 20.8 Å². The molecule has 8 heteroatoms. The maximum absolute atomic E-state index is 12.2. The molecule has 0 aromatic carbocycles. The third-order valence-corrected chi connectivity index (χ3v) is 4.18. The lowest BCUT2D eigenvalue weighted by Crippen LogP contribution is -2.26. The molecule has 0 saturated carbocycles. The molecular weight excluding hydrogens is 310 g/mol. The van der Waals surface area contributed by atoms with Crippen LogP contribution in [-0.2, 0) is 27.9 Å². The van der Waals surface area contributed by atoms with E-state index in [-0.39, 0.29) is 24.3 Å². The average Bonchev–Trinajstić information content (AvgIpc) is 2.98. The molecule has 8 nitrogen and oxygen atoms in total. The normalized spacial score (nSPS) is 16.7. The number of anilines is 1. The Kier molecular flexibility index (Phi) is 4.13. The van der Waals surface area contributed by atoms with E-state index < -0.39 is 0 Å². The minimum atomic E-state index is -0.378. The number of esters is 1. The molecule has 1 N–H and O–H groups in total. The Morgan fingerprint density at radius 1 is 1.38 bits per heavy atom. The third kappa shape index (κ3) is 2.79. The summed E-state index contributed by atoms with van der Waals surface area (Å²) in [5.74, 6) is -0.0130. The molecule has 2 aromatic rings. The molecule has 0 saturated heterocycles. The number of carbonyl (C=O) groups excluding carboxylic acids is 2. The Morgan fingerprint density at radius 3 is 2.75 bits per heavy atom. The van der Waals surface area contributed by atoms with Gasteiger partial charge < -0.3 is 10.1 Å². The summed E-state index contributed by atoms with van der Waals surface area (Å²) in [6, 6.07) is 0. The third-order valence-electron chi connectivity index (χ3n) is 4.18. The van der Waals surface area contributed by atoms with Crippen molar-refractivity contribution in [2.45, 2.75) is 39.7 Å². The van der Waals surface area contributed by atoms with Gasteiger partial charge in [-0.25, -0.2) is 4.68 Å². The van der Waals surface area contributed by atoms with Gasteiger partial charge in [0, 0.05) is 36.7 Å². The van der Waals surface area contributed by atoms with Crippen molar-refractivity contribution in [3.05, 3.63) is 28.7 Å². The van der Waals surface area contributed by atoms with E-state index in [1.54, 1.807) is 11.6 Å². The van der Waals surface area contributed by atoms with E-state index in [2.05, 4.69) is 15.5 Å². The number of nitrogens with zero attached hydrogens (tertiary/aromatic N) is 4. The summed E-state index contributed by atoms with van der Waals surface area (Å²) >= 11 is 0. The van der Waals surface area contributed by atoms with Crippen LogP contribution in [0.1, 0.15) is 41.8 Å². The minimum Gasteiger partial charge on any atom is -0.465 e. The van der Waals surface area contributed by atoms with E-state index in [4.69, 9.17) is 4.74 Å². The van der Waals surface area contributed by atoms with Gasteiger partial charge in [-0.2, -0.15) is 10.2 Å². The molecule has 0 radical (unpaired) electrons. The first-order chi connectivity index (χ1) is 11.4. The predicted molar refractivity (Wildman–Crippen MR) is 86.6 cm³/mol. The number of amides is 1. The van der Waals surface area contributed by atoms with Crippen molar-refractivity contribution in [3.63, 3.8) is 0 Å². The molecule has 24 heavy (non-hydrogen) atoms. The number of fused-ring (bicyclic) bond motifs is 1. The van der Waals surface area contributed by atoms with Crippen LogP contribution in [-0.4, -0.2) is 38.0 Å². The standard InChI is InChI=1S/C16H21N5O3/c1-5-24-14(23)8-21-16-15(10(3)19-21)11(6-13(22)17-16)12-7-20(4)18-9(12)2/h7,11H,5-6,8H2,1-4H3,(H,17,22)/t11-/m1/s1. The van der Waals surface area contributed by atoms with Gasteiger partial charge in [0.2, 0.25) is 5.91 Å². The zero-order chi connectivity index (χ0) is 17.4. The minimum absolute atomic E-state index is 0.0248. The second kappa shape index (κ2) is 6.10. The number of aromatic nitrogens is 4. The Bertz CT molecular complexity index is 805. The topological polar surface area (TPSA) is 91.0 Å². The van der Waals surface area contributed by atoms with E-state index in [1.807, 2.05) is 27.1 Å². The van der Waals surface area contributed by atoms with Crippen molar-refractivity contribution in [2.75, 3.05) is 11.9 Å². The first-order valence-electron chi connectivity index (χ1n) is 7.93. The van der Waals surface area contributed by atoms with Gasteiger partial charge in [0.1, 0.15) is 12.4 Å². The monoisotopic (exact) mass is 331 g/mol. The molecule has 0 aliphatic carbocycles. The van der Waals surface area contributed by atoms with Gasteiger partial charge in [0.15, 0.2) is 0 Å². The second-order valence-electron chi connectivity index (χ2n) is 5.96. The van der Waals surface area contributed by atoms with Crippen molar-refractivity contribution in [3.8, 4) is 0 Å². The smallest absolute Gasteiger partial charge is 0.327 e. The maximum Gasteiger partial charge on any atom is 0.327 e. The van der Waals surface area contributed by atoms with Crippen molar-refractivity contribution in [2.24, 2.45) is 7.05 Å². The van der Waals surface area contributed by atoms with Gasteiger partial charge in [-0.1, -0.05) is 0 Å². The van der Waals surface area contributed by atoms with Gasteiger partial charge >= 0.3 is 5.97 Å². The van der Waals surface area contributed by atoms with E-state index in [1.165, 1.54) is 4.68 Å². The molecule has 3 heterocycles. The summed E-state index contributed by atoms with van der Waals surface area (Å²) in [5, 5.41) is 11.7. The highest BCUT2D eigenvalue weighted by Gasteiger charge is 2.34. The van der Waals surface area contributed by atoms with Crippen LogP contribution in [0.5, 0.6) is 0 Å². The Hall–Kier alpha value is -2.64. The van der Waals surface area contributed by atoms with E-state index in [9.17, 15) is 9.59 Å². The van der Waals surface area contributed by atoms with Gasteiger partial charge in [-0.15, -0.1) is 0 Å². The molecule has 0 fully saturated rings. The highest BCUT2D eigenvalue weighted by Crippen LogP contribution is 2.40. The summed E-state index contributed by atoms with van der Waals surface area (Å²) < 4.78 is 8.24. The molecule has 3 rings (SSSR count). The van der Waals surface area contributed by atoms with E-state index >= 15 is 0 Å². The van der Waals surface area contributed by atoms with Crippen LogP contribution < -0.4 is 5.32 Å². The highest BCUT2D eigenvalue weighted by molar-refractivity contribution is 5.95. The number of rotatable bonds is 4. The number of carbonyl (C=O) groups is 2. The zero-order valence-corrected chi connectivity index (χ0v) is 14.3. The molecule has 1 aliphatic heterocycles. The van der Waals surface area contributed by atoms with Crippen LogP contribution >= 0.6 is 0 Å². The number of hydrogen-bond donors (Lipinski definition) is 1. The van der Waals surface area contributed by atoms with Crippen LogP contribution in [0.4, 0.5) is 5.82 Å². The molecular formula is C16H21N5O3. The van der Waals surface area contributed by atoms with E-state index in [0.29, 0.717) is 18.8 Å². The van der Waals surface area contributed by atoms with Gasteiger partial charge in [0.25, 0.3) is 0 Å². The number of ether oxygens (including phenoxy) is 1. The lowest BCUT2D eigenvalue weighted by Gasteiger charge is -2.23. The maximum atomic E-state index is 12.2. The Labute approximate surface area is 139 Å². The predicted octanol–water partition coefficient (Wildman–Crippen LogP) is 1.27. The van der Waals surface area contributed by atoms with Crippen molar-refractivity contribution < 1.29 is 14.3 Å². The molecule has 1 aliphatic rings. The van der Waals surface area contributed by atoms with Crippen LogP contribution in [0.15, 0.2) is 6.20 Å². The first kappa shape index (κ1) is 16.2. The fourth-order valence-electron chi connectivity index (χ4n) is 3.28. The number of nitrogens with one attached hydrogen (secondary N) is 1. The summed E-state index contributed by atoms with van der Waals surface area (Å²) in [6.07, 6.45) is 2.27. The number of aryl methyl sites for hydroxylation is 3. The molecule has 0 spiro atoms. The Morgan fingerprint density at radius 2 is 2.12 bits per heavy atom. The molecule has 2 aromatic heterocycles. The summed E-state index contributed by atoms with van der Waals surface area (Å²) in [4.78, 5) is 24.0. The molecule has 1 amide bonds. The average molecular weight is 331 g/mol. The molecule has 0 unspecified atom stereocenters. The SMILES string of the molecule is CCOC(=O)Cn1nc(C)c2c1NC(=O)C[C@@H]2c1cn(C)nc1C. The van der Waals surface area contributed by atoms with Crippen LogP contribution in [0, 0.1) is 13.8 Å². The largest absolute Gasteiger partial charge is 0.465 e. The number of hydrogen-bond acceptors (Lipinski definition) is 5. The Balaban J connectivity index is 2.04. The van der Waals surface area contributed by atoms with Crippen molar-refractivity contribution in [1.29, 1.82) is 0 Å². The fraction of sp³-hybridized carbons (Fsp3) is 0.500. The second-order valence-corrected chi connectivity index (χ2v) is 5.96.